The van der Waals surface area contributed by atoms with E-state index in [1.165, 1.54) is 16.7 Å². The second-order valence-corrected chi connectivity index (χ2v) is 3.43. The molecule has 0 spiro atoms. The van der Waals surface area contributed by atoms with Crippen LogP contribution in [0.1, 0.15) is 0 Å². The number of rotatable bonds is 2. The fourth-order valence-corrected chi connectivity index (χ4v) is 1.82. The summed E-state index contributed by atoms with van der Waals surface area (Å²) in [6.45, 7) is 0.317. The predicted octanol–water partition coefficient (Wildman–Crippen LogP) is -0.161. The number of hydrogen-bond donors (Lipinski definition) is 1. The van der Waals surface area contributed by atoms with Crippen LogP contribution in [0.4, 0.5) is 0 Å². The van der Waals surface area contributed by atoms with Crippen LogP contribution in [-0.2, 0) is 4.79 Å². The molecule has 1 heterocycles. The molecule has 0 aliphatic carbocycles. The fourth-order valence-electron chi connectivity index (χ4n) is 0.697. The third kappa shape index (κ3) is 1.47. The summed E-state index contributed by atoms with van der Waals surface area (Å²) < 4.78 is 0.582. The first-order valence-corrected chi connectivity index (χ1v) is 4.23. The lowest BCUT2D eigenvalue weighted by atomic mass is 10.5. The summed E-state index contributed by atoms with van der Waals surface area (Å²) in [7, 11) is 0. The van der Waals surface area contributed by atoms with Crippen LogP contribution in [0, 0.1) is 0 Å². The van der Waals surface area contributed by atoms with E-state index in [0.717, 1.165) is 0 Å². The highest BCUT2D eigenvalue weighted by Gasteiger charge is 2.25. The molecule has 3 nitrogen and oxygen atoms in total. The van der Waals surface area contributed by atoms with E-state index in [2.05, 4.69) is 0 Å². The third-order valence-electron chi connectivity index (χ3n) is 1.16. The average molecular weight is 177 g/mol. The van der Waals surface area contributed by atoms with Crippen molar-refractivity contribution in [3.63, 3.8) is 0 Å². The van der Waals surface area contributed by atoms with Crippen LogP contribution in [0.25, 0.3) is 0 Å². The van der Waals surface area contributed by atoms with Gasteiger partial charge in [-0.05, 0) is 0 Å². The van der Waals surface area contributed by atoms with E-state index in [1.54, 1.807) is 0 Å². The maximum atomic E-state index is 10.9. The van der Waals surface area contributed by atoms with Crippen molar-refractivity contribution >= 4 is 34.2 Å². The molecule has 0 aromatic heterocycles. The summed E-state index contributed by atoms with van der Waals surface area (Å²) in [4.78, 5) is 12.3. The van der Waals surface area contributed by atoms with Gasteiger partial charge in [-0.1, -0.05) is 24.0 Å². The van der Waals surface area contributed by atoms with Crippen LogP contribution in [0.2, 0.25) is 0 Å². The lowest BCUT2D eigenvalue weighted by Gasteiger charge is -2.11. The number of hydrogen-bond acceptors (Lipinski definition) is 4. The third-order valence-corrected chi connectivity index (χ3v) is 2.60. The van der Waals surface area contributed by atoms with Crippen molar-refractivity contribution in [1.29, 1.82) is 0 Å². The number of thioether (sulfide) groups is 1. The molecule has 0 aromatic carbocycles. The van der Waals surface area contributed by atoms with E-state index in [4.69, 9.17) is 17.3 Å². The standard InChI is InChI=1S/C5H7NO2S2/c7-2-1-6-4(8)3-10-5(6)9/h7H,1-3H2. The van der Waals surface area contributed by atoms with Gasteiger partial charge in [-0.2, -0.15) is 0 Å². The van der Waals surface area contributed by atoms with E-state index < -0.39 is 0 Å². The molecule has 1 amide bonds. The summed E-state index contributed by atoms with van der Waals surface area (Å²) in [6, 6.07) is 0. The highest BCUT2D eigenvalue weighted by molar-refractivity contribution is 8.23. The SMILES string of the molecule is O=C1CSC(=S)N1CCO. The van der Waals surface area contributed by atoms with Crippen molar-refractivity contribution in [2.75, 3.05) is 18.9 Å². The van der Waals surface area contributed by atoms with Gasteiger partial charge >= 0.3 is 0 Å². The maximum Gasteiger partial charge on any atom is 0.238 e. The quantitative estimate of drug-likeness (QED) is 0.595. The Morgan fingerprint density at radius 3 is 2.90 bits per heavy atom. The van der Waals surface area contributed by atoms with Gasteiger partial charge in [0.25, 0.3) is 0 Å². The van der Waals surface area contributed by atoms with Crippen LogP contribution < -0.4 is 0 Å². The van der Waals surface area contributed by atoms with Crippen LogP contribution in [-0.4, -0.2) is 39.1 Å². The number of carbonyl (C=O) groups is 1. The van der Waals surface area contributed by atoms with Crippen LogP contribution in [0.15, 0.2) is 0 Å². The van der Waals surface area contributed by atoms with E-state index >= 15 is 0 Å². The Hall–Kier alpha value is -0.130. The minimum absolute atomic E-state index is 0.00375. The lowest BCUT2D eigenvalue weighted by molar-refractivity contribution is -0.124. The zero-order chi connectivity index (χ0) is 7.56. The van der Waals surface area contributed by atoms with Gasteiger partial charge in [-0.15, -0.1) is 0 Å². The maximum absolute atomic E-state index is 10.9. The number of β-amino-alcohol motifs (C(OH)–C–C–N with tert-alkyl or cyclic N) is 1. The average Bonchev–Trinajstić information content (AvgIpc) is 2.20. The number of nitrogens with zero attached hydrogens (tertiary/aromatic N) is 1. The monoisotopic (exact) mass is 177 g/mol. The van der Waals surface area contributed by atoms with Crippen LogP contribution >= 0.6 is 24.0 Å². The van der Waals surface area contributed by atoms with Gasteiger partial charge in [0.2, 0.25) is 5.91 Å². The molecular weight excluding hydrogens is 170 g/mol. The van der Waals surface area contributed by atoms with Crippen molar-refractivity contribution in [3.05, 3.63) is 0 Å². The van der Waals surface area contributed by atoms with Crippen LogP contribution in [0.5, 0.6) is 0 Å². The highest BCUT2D eigenvalue weighted by atomic mass is 32.2. The largest absolute Gasteiger partial charge is 0.395 e. The highest BCUT2D eigenvalue weighted by Crippen LogP contribution is 2.18. The summed E-state index contributed by atoms with van der Waals surface area (Å²) in [5.74, 6) is 0.433. The van der Waals surface area contributed by atoms with Crippen molar-refractivity contribution < 1.29 is 9.90 Å². The predicted molar refractivity (Wildman–Crippen MR) is 43.9 cm³/mol. The summed E-state index contributed by atoms with van der Waals surface area (Å²) >= 11 is 6.19. The number of aliphatic hydroxyl groups excluding tert-OH is 1. The Labute approximate surface area is 68.4 Å². The molecule has 1 N–H and O–H groups in total. The van der Waals surface area contributed by atoms with Gasteiger partial charge in [-0.25, -0.2) is 0 Å². The van der Waals surface area contributed by atoms with E-state index in [-0.39, 0.29) is 12.5 Å². The molecule has 1 rings (SSSR count). The molecule has 1 aliphatic heterocycles. The van der Waals surface area contributed by atoms with Gasteiger partial charge in [0, 0.05) is 0 Å². The molecule has 10 heavy (non-hydrogen) atoms. The molecule has 0 atom stereocenters. The van der Waals surface area contributed by atoms with Crippen molar-refractivity contribution in [2.45, 2.75) is 0 Å². The minimum Gasteiger partial charge on any atom is -0.395 e. The lowest BCUT2D eigenvalue weighted by Crippen LogP contribution is -2.31. The molecule has 1 fully saturated rings. The number of carbonyl (C=O) groups excluding carboxylic acids is 1. The van der Waals surface area contributed by atoms with Gasteiger partial charge in [0.1, 0.15) is 4.32 Å². The first kappa shape index (κ1) is 7.97. The van der Waals surface area contributed by atoms with Crippen LogP contribution in [0.3, 0.4) is 0 Å². The van der Waals surface area contributed by atoms with E-state index in [9.17, 15) is 4.79 Å². The molecule has 5 heteroatoms. The van der Waals surface area contributed by atoms with E-state index in [0.29, 0.717) is 16.6 Å². The van der Waals surface area contributed by atoms with Gasteiger partial charge in [0.05, 0.1) is 18.9 Å². The number of amides is 1. The summed E-state index contributed by atoms with van der Waals surface area (Å²) in [5, 5.41) is 8.50. The van der Waals surface area contributed by atoms with Crippen molar-refractivity contribution in [1.82, 2.24) is 4.90 Å². The molecule has 1 saturated heterocycles. The first-order valence-electron chi connectivity index (χ1n) is 2.83. The Morgan fingerprint density at radius 1 is 1.80 bits per heavy atom. The topological polar surface area (TPSA) is 40.5 Å². The fraction of sp³-hybridized carbons (Fsp3) is 0.600. The molecular formula is C5H7NO2S2. The molecule has 0 saturated carbocycles. The Balaban J connectivity index is 2.54. The second kappa shape index (κ2) is 3.32. The normalized spacial score (nSPS) is 18.7. The summed E-state index contributed by atoms with van der Waals surface area (Å²) in [5.41, 5.74) is 0. The molecule has 1 aliphatic rings. The molecule has 56 valence electrons. The Kier molecular flexibility index (Phi) is 2.64. The van der Waals surface area contributed by atoms with Gasteiger partial charge < -0.3 is 5.11 Å². The zero-order valence-corrected chi connectivity index (χ0v) is 6.87. The smallest absolute Gasteiger partial charge is 0.238 e. The second-order valence-electron chi connectivity index (χ2n) is 1.82. The molecule has 0 radical (unpaired) electrons. The summed E-state index contributed by atoms with van der Waals surface area (Å²) in [6.07, 6.45) is 0. The minimum atomic E-state index is -0.0214. The van der Waals surface area contributed by atoms with Crippen molar-refractivity contribution in [3.8, 4) is 0 Å². The Morgan fingerprint density at radius 2 is 2.50 bits per heavy atom. The number of thiocarbonyl (C=S) groups is 1. The molecule has 0 bridgehead atoms. The van der Waals surface area contributed by atoms with E-state index in [1.807, 2.05) is 0 Å². The van der Waals surface area contributed by atoms with Crippen molar-refractivity contribution in [2.24, 2.45) is 0 Å². The first-order chi connectivity index (χ1) is 4.75. The Bertz CT molecular complexity index is 155. The molecule has 0 aromatic rings. The molecule has 0 unspecified atom stereocenters. The van der Waals surface area contributed by atoms with Gasteiger partial charge in [-0.3, -0.25) is 9.69 Å². The zero-order valence-electron chi connectivity index (χ0n) is 5.24. The van der Waals surface area contributed by atoms with Gasteiger partial charge in [0.15, 0.2) is 0 Å². The number of aliphatic hydroxyl groups is 1.